The maximum absolute atomic E-state index is 5.83. The molecule has 0 spiro atoms. The van der Waals surface area contributed by atoms with E-state index in [0.717, 1.165) is 17.9 Å². The number of furan rings is 1. The Bertz CT molecular complexity index is 535. The largest absolute Gasteiger partial charge is 0.464 e. The molecule has 0 saturated heterocycles. The quantitative estimate of drug-likeness (QED) is 0.638. The summed E-state index contributed by atoms with van der Waals surface area (Å²) in [6.45, 7) is 2.09. The van der Waals surface area contributed by atoms with Gasteiger partial charge in [0.05, 0.1) is 6.04 Å². The molecule has 3 unspecified atom stereocenters. The molecule has 19 heavy (non-hydrogen) atoms. The van der Waals surface area contributed by atoms with Crippen molar-refractivity contribution < 1.29 is 4.42 Å². The highest BCUT2D eigenvalue weighted by molar-refractivity contribution is 5.28. The van der Waals surface area contributed by atoms with Crippen LogP contribution in [0.15, 0.2) is 46.9 Å². The lowest BCUT2D eigenvalue weighted by Crippen LogP contribution is -2.29. The number of nitrogens with one attached hydrogen (secondary N) is 1. The van der Waals surface area contributed by atoms with Crippen LogP contribution in [0.2, 0.25) is 0 Å². The minimum atomic E-state index is 0.116. The van der Waals surface area contributed by atoms with Crippen LogP contribution in [0.5, 0.6) is 0 Å². The summed E-state index contributed by atoms with van der Waals surface area (Å²) < 4.78 is 5.83. The molecule has 3 heteroatoms. The van der Waals surface area contributed by atoms with Crippen molar-refractivity contribution in [1.29, 1.82) is 0 Å². The first-order valence-corrected chi connectivity index (χ1v) is 6.93. The maximum atomic E-state index is 5.83. The summed E-state index contributed by atoms with van der Waals surface area (Å²) in [7, 11) is 0. The number of hydrogen-bond acceptors (Lipinski definition) is 3. The zero-order chi connectivity index (χ0) is 13.2. The normalized spacial score (nSPS) is 23.3. The number of aryl methyl sites for hydroxylation is 1. The van der Waals surface area contributed by atoms with Crippen molar-refractivity contribution in [3.05, 3.63) is 59.5 Å². The summed E-state index contributed by atoms with van der Waals surface area (Å²) in [6.07, 6.45) is 2.09. The minimum absolute atomic E-state index is 0.116. The smallest absolute Gasteiger partial charge is 0.122 e. The van der Waals surface area contributed by atoms with E-state index < -0.39 is 0 Å². The first-order chi connectivity index (χ1) is 9.33. The Morgan fingerprint density at radius 3 is 2.68 bits per heavy atom. The predicted molar refractivity (Wildman–Crippen MR) is 75.4 cm³/mol. The van der Waals surface area contributed by atoms with Crippen molar-refractivity contribution in [1.82, 2.24) is 5.43 Å². The van der Waals surface area contributed by atoms with Gasteiger partial charge < -0.3 is 4.42 Å². The van der Waals surface area contributed by atoms with Crippen molar-refractivity contribution in [3.8, 4) is 0 Å². The predicted octanol–water partition coefficient (Wildman–Crippen LogP) is 3.15. The lowest BCUT2D eigenvalue weighted by Gasteiger charge is -2.13. The topological polar surface area (TPSA) is 51.2 Å². The molecule has 0 amide bonds. The number of nitrogens with two attached hydrogens (primary N) is 1. The summed E-state index contributed by atoms with van der Waals surface area (Å²) in [5.41, 5.74) is 4.32. The SMILES string of the molecule is CCc1ccc(C(NN)C2CC2c2ccccc2)o1. The van der Waals surface area contributed by atoms with Crippen molar-refractivity contribution in [2.45, 2.75) is 31.7 Å². The Balaban J connectivity index is 1.75. The van der Waals surface area contributed by atoms with Gasteiger partial charge >= 0.3 is 0 Å². The van der Waals surface area contributed by atoms with Crippen LogP contribution in [-0.2, 0) is 6.42 Å². The van der Waals surface area contributed by atoms with Crippen LogP contribution in [0.4, 0.5) is 0 Å². The van der Waals surface area contributed by atoms with Crippen molar-refractivity contribution in [2.24, 2.45) is 11.8 Å². The van der Waals surface area contributed by atoms with E-state index in [-0.39, 0.29) is 6.04 Å². The van der Waals surface area contributed by atoms with E-state index in [4.69, 9.17) is 10.3 Å². The molecular weight excluding hydrogens is 236 g/mol. The summed E-state index contributed by atoms with van der Waals surface area (Å²) >= 11 is 0. The minimum Gasteiger partial charge on any atom is -0.464 e. The molecule has 3 N–H and O–H groups in total. The van der Waals surface area contributed by atoms with Crippen LogP contribution >= 0.6 is 0 Å². The van der Waals surface area contributed by atoms with E-state index in [1.54, 1.807) is 0 Å². The third-order valence-corrected chi connectivity index (χ3v) is 4.01. The van der Waals surface area contributed by atoms with Gasteiger partial charge in [0.25, 0.3) is 0 Å². The lowest BCUT2D eigenvalue weighted by molar-refractivity contribution is 0.369. The van der Waals surface area contributed by atoms with Gasteiger partial charge in [-0.1, -0.05) is 37.3 Å². The molecule has 3 nitrogen and oxygen atoms in total. The Morgan fingerprint density at radius 2 is 2.05 bits per heavy atom. The Labute approximate surface area is 113 Å². The molecule has 0 bridgehead atoms. The summed E-state index contributed by atoms with van der Waals surface area (Å²) in [5, 5.41) is 0. The molecule has 0 aliphatic heterocycles. The highest BCUT2D eigenvalue weighted by atomic mass is 16.3. The number of hydrazine groups is 1. The maximum Gasteiger partial charge on any atom is 0.122 e. The van der Waals surface area contributed by atoms with Crippen LogP contribution in [0, 0.1) is 5.92 Å². The van der Waals surface area contributed by atoms with E-state index in [1.165, 1.54) is 12.0 Å². The number of rotatable bonds is 5. The van der Waals surface area contributed by atoms with Gasteiger partial charge in [0, 0.05) is 6.42 Å². The zero-order valence-electron chi connectivity index (χ0n) is 11.2. The van der Waals surface area contributed by atoms with Crippen LogP contribution in [0.3, 0.4) is 0 Å². The van der Waals surface area contributed by atoms with Gasteiger partial charge in [-0.3, -0.25) is 5.84 Å². The molecule has 100 valence electrons. The molecule has 1 fully saturated rings. The first-order valence-electron chi connectivity index (χ1n) is 6.93. The second-order valence-corrected chi connectivity index (χ2v) is 5.22. The molecule has 1 heterocycles. The first kappa shape index (κ1) is 12.5. The Hall–Kier alpha value is -1.58. The van der Waals surface area contributed by atoms with Crippen LogP contribution < -0.4 is 11.3 Å². The summed E-state index contributed by atoms with van der Waals surface area (Å²) in [4.78, 5) is 0. The fourth-order valence-electron chi connectivity index (χ4n) is 2.83. The molecule has 1 aromatic carbocycles. The molecule has 3 rings (SSSR count). The van der Waals surface area contributed by atoms with E-state index >= 15 is 0 Å². The molecule has 1 aliphatic carbocycles. The van der Waals surface area contributed by atoms with E-state index in [1.807, 2.05) is 12.1 Å². The van der Waals surface area contributed by atoms with Gasteiger partial charge in [-0.15, -0.1) is 0 Å². The average Bonchev–Trinajstić information content (AvgIpc) is 3.10. The van der Waals surface area contributed by atoms with Crippen molar-refractivity contribution >= 4 is 0 Å². The third-order valence-electron chi connectivity index (χ3n) is 4.01. The van der Waals surface area contributed by atoms with Gasteiger partial charge in [-0.2, -0.15) is 0 Å². The van der Waals surface area contributed by atoms with Gasteiger partial charge in [0.1, 0.15) is 11.5 Å². The lowest BCUT2D eigenvalue weighted by atomic mass is 10.0. The second kappa shape index (κ2) is 5.19. The number of hydrogen-bond donors (Lipinski definition) is 2. The van der Waals surface area contributed by atoms with E-state index in [9.17, 15) is 0 Å². The number of benzene rings is 1. The Kier molecular flexibility index (Phi) is 3.40. The molecule has 1 aliphatic rings. The fraction of sp³-hybridized carbons (Fsp3) is 0.375. The highest BCUT2D eigenvalue weighted by Crippen LogP contribution is 2.53. The molecular formula is C16H20N2O. The molecule has 0 radical (unpaired) electrons. The van der Waals surface area contributed by atoms with Crippen LogP contribution in [-0.4, -0.2) is 0 Å². The highest BCUT2D eigenvalue weighted by Gasteiger charge is 2.45. The fourth-order valence-corrected chi connectivity index (χ4v) is 2.83. The van der Waals surface area contributed by atoms with Gasteiger partial charge in [-0.05, 0) is 36.0 Å². The molecule has 2 aromatic rings. The van der Waals surface area contributed by atoms with Gasteiger partial charge in [0.2, 0.25) is 0 Å². The molecule has 1 aromatic heterocycles. The third kappa shape index (κ3) is 2.44. The zero-order valence-corrected chi connectivity index (χ0v) is 11.2. The second-order valence-electron chi connectivity index (χ2n) is 5.22. The van der Waals surface area contributed by atoms with Crippen LogP contribution in [0.1, 0.15) is 42.4 Å². The van der Waals surface area contributed by atoms with E-state index in [2.05, 4.69) is 42.7 Å². The average molecular weight is 256 g/mol. The van der Waals surface area contributed by atoms with Crippen molar-refractivity contribution in [3.63, 3.8) is 0 Å². The monoisotopic (exact) mass is 256 g/mol. The summed E-state index contributed by atoms with van der Waals surface area (Å²) in [6, 6.07) is 14.8. The molecule has 3 atom stereocenters. The van der Waals surface area contributed by atoms with Crippen LogP contribution in [0.25, 0.3) is 0 Å². The molecule has 1 saturated carbocycles. The standard InChI is InChI=1S/C16H20N2O/c1-2-12-8-9-15(19-12)16(18-17)14-10-13(14)11-6-4-3-5-7-11/h3-9,13-14,16,18H,2,10,17H2,1H3. The van der Waals surface area contributed by atoms with Gasteiger partial charge in [-0.25, -0.2) is 5.43 Å². The van der Waals surface area contributed by atoms with E-state index in [0.29, 0.717) is 11.8 Å². The van der Waals surface area contributed by atoms with Gasteiger partial charge in [0.15, 0.2) is 0 Å². The summed E-state index contributed by atoms with van der Waals surface area (Å²) in [5.74, 6) is 8.83. The van der Waals surface area contributed by atoms with Crippen molar-refractivity contribution in [2.75, 3.05) is 0 Å². The Morgan fingerprint density at radius 1 is 1.26 bits per heavy atom.